The number of carbonyl (C=O) groups excluding carboxylic acids is 2. The van der Waals surface area contributed by atoms with Gasteiger partial charge in [-0.2, -0.15) is 0 Å². The molecule has 0 saturated heterocycles. The fourth-order valence-corrected chi connectivity index (χ4v) is 2.60. The standard InChI is InChI=1S/C19H19Cl2NO6/c1-11(28-16-7-4-12(20)8-14(16)21)19(24)27-10-18(23)22-15-6-5-13(25-2)9-17(15)26-3/h4-9,11H,10H2,1-3H3,(H,22,23)/t11-/m0/s1. The minimum absolute atomic E-state index is 0.261. The number of ether oxygens (including phenoxy) is 4. The predicted octanol–water partition coefficient (Wildman–Crippen LogP) is 3.96. The lowest BCUT2D eigenvalue weighted by molar-refractivity contribution is -0.153. The summed E-state index contributed by atoms with van der Waals surface area (Å²) in [7, 11) is 2.98. The lowest BCUT2D eigenvalue weighted by Gasteiger charge is -2.15. The lowest BCUT2D eigenvalue weighted by Crippen LogP contribution is -2.29. The molecule has 0 aliphatic rings. The number of amides is 1. The second-order valence-corrected chi connectivity index (χ2v) is 6.40. The van der Waals surface area contributed by atoms with E-state index in [0.717, 1.165) is 0 Å². The Morgan fingerprint density at radius 1 is 1.04 bits per heavy atom. The van der Waals surface area contributed by atoms with Crippen LogP contribution in [0.1, 0.15) is 6.92 Å². The van der Waals surface area contributed by atoms with Crippen LogP contribution in [-0.2, 0) is 14.3 Å². The molecule has 2 aromatic rings. The Bertz CT molecular complexity index is 858. The van der Waals surface area contributed by atoms with Gasteiger partial charge < -0.3 is 24.3 Å². The molecule has 1 atom stereocenters. The number of anilines is 1. The first-order valence-electron chi connectivity index (χ1n) is 8.14. The molecule has 0 spiro atoms. The third-order valence-electron chi connectivity index (χ3n) is 3.56. The maximum absolute atomic E-state index is 12.1. The SMILES string of the molecule is COc1ccc(NC(=O)COC(=O)[C@H](C)Oc2ccc(Cl)cc2Cl)c(OC)c1. The van der Waals surface area contributed by atoms with E-state index in [4.69, 9.17) is 42.1 Å². The Balaban J connectivity index is 1.88. The van der Waals surface area contributed by atoms with Crippen LogP contribution in [0.5, 0.6) is 17.2 Å². The molecule has 0 unspecified atom stereocenters. The van der Waals surface area contributed by atoms with Crippen LogP contribution in [0.2, 0.25) is 10.0 Å². The summed E-state index contributed by atoms with van der Waals surface area (Å²) in [5, 5.41) is 3.30. The number of rotatable bonds is 8. The second kappa shape index (κ2) is 10.1. The molecule has 0 fully saturated rings. The molecule has 9 heteroatoms. The molecule has 0 heterocycles. The molecule has 0 aliphatic heterocycles. The molecular weight excluding hydrogens is 409 g/mol. The number of halogens is 2. The zero-order valence-corrected chi connectivity index (χ0v) is 17.0. The smallest absolute Gasteiger partial charge is 0.347 e. The maximum Gasteiger partial charge on any atom is 0.347 e. The summed E-state index contributed by atoms with van der Waals surface area (Å²) in [5.74, 6) is 0.0144. The third kappa shape index (κ3) is 5.94. The zero-order valence-electron chi connectivity index (χ0n) is 15.5. The Morgan fingerprint density at radius 2 is 1.79 bits per heavy atom. The van der Waals surface area contributed by atoms with Crippen LogP contribution in [0.3, 0.4) is 0 Å². The molecule has 150 valence electrons. The topological polar surface area (TPSA) is 83.1 Å². The fourth-order valence-electron chi connectivity index (χ4n) is 2.15. The van der Waals surface area contributed by atoms with Crippen LogP contribution in [-0.4, -0.2) is 38.8 Å². The minimum Gasteiger partial charge on any atom is -0.497 e. The highest BCUT2D eigenvalue weighted by Gasteiger charge is 2.19. The van der Waals surface area contributed by atoms with Gasteiger partial charge in [-0.05, 0) is 37.3 Å². The number of methoxy groups -OCH3 is 2. The van der Waals surface area contributed by atoms with E-state index in [9.17, 15) is 9.59 Å². The lowest BCUT2D eigenvalue weighted by atomic mass is 10.2. The first-order chi connectivity index (χ1) is 13.3. The largest absolute Gasteiger partial charge is 0.497 e. The van der Waals surface area contributed by atoms with Gasteiger partial charge in [-0.3, -0.25) is 4.79 Å². The quantitative estimate of drug-likeness (QED) is 0.641. The van der Waals surface area contributed by atoms with Crippen LogP contribution in [0.25, 0.3) is 0 Å². The molecule has 28 heavy (non-hydrogen) atoms. The average Bonchev–Trinajstić information content (AvgIpc) is 2.68. The molecule has 0 aliphatic carbocycles. The molecular formula is C19H19Cl2NO6. The predicted molar refractivity (Wildman–Crippen MR) is 106 cm³/mol. The van der Waals surface area contributed by atoms with Gasteiger partial charge in [0.25, 0.3) is 5.91 Å². The number of benzene rings is 2. The summed E-state index contributed by atoms with van der Waals surface area (Å²) in [6, 6.07) is 9.51. The second-order valence-electron chi connectivity index (χ2n) is 5.56. The van der Waals surface area contributed by atoms with E-state index in [1.807, 2.05) is 0 Å². The summed E-state index contributed by atoms with van der Waals surface area (Å²) in [4.78, 5) is 24.1. The van der Waals surface area contributed by atoms with E-state index in [-0.39, 0.29) is 10.8 Å². The summed E-state index contributed by atoms with van der Waals surface area (Å²) >= 11 is 11.8. The van der Waals surface area contributed by atoms with Crippen LogP contribution in [0.15, 0.2) is 36.4 Å². The molecule has 1 amide bonds. The summed E-state index contributed by atoms with van der Waals surface area (Å²) < 4.78 is 20.7. The van der Waals surface area contributed by atoms with E-state index in [0.29, 0.717) is 22.2 Å². The van der Waals surface area contributed by atoms with Crippen LogP contribution < -0.4 is 19.5 Å². The summed E-state index contributed by atoms with van der Waals surface area (Å²) in [6.07, 6.45) is -0.970. The zero-order chi connectivity index (χ0) is 20.7. The van der Waals surface area contributed by atoms with Crippen LogP contribution >= 0.6 is 23.2 Å². The van der Waals surface area contributed by atoms with Gasteiger partial charge in [0, 0.05) is 11.1 Å². The van der Waals surface area contributed by atoms with Crippen molar-refractivity contribution in [3.8, 4) is 17.2 Å². The van der Waals surface area contributed by atoms with E-state index in [1.165, 1.54) is 33.3 Å². The highest BCUT2D eigenvalue weighted by atomic mass is 35.5. The van der Waals surface area contributed by atoms with Gasteiger partial charge in [-0.25, -0.2) is 4.79 Å². The summed E-state index contributed by atoms with van der Waals surface area (Å²) in [6.45, 7) is 0.994. The Kier molecular flexibility index (Phi) is 7.78. The van der Waals surface area contributed by atoms with Gasteiger partial charge in [0.15, 0.2) is 12.7 Å². The fraction of sp³-hybridized carbons (Fsp3) is 0.263. The van der Waals surface area contributed by atoms with Crippen molar-refractivity contribution in [1.82, 2.24) is 0 Å². The molecule has 0 saturated carbocycles. The highest BCUT2D eigenvalue weighted by molar-refractivity contribution is 6.35. The first-order valence-corrected chi connectivity index (χ1v) is 8.90. The van der Waals surface area contributed by atoms with Crippen LogP contribution in [0, 0.1) is 0 Å². The molecule has 2 aromatic carbocycles. The van der Waals surface area contributed by atoms with Crippen molar-refractivity contribution < 1.29 is 28.5 Å². The van der Waals surface area contributed by atoms with Crippen molar-refractivity contribution in [3.63, 3.8) is 0 Å². The van der Waals surface area contributed by atoms with Gasteiger partial charge >= 0.3 is 5.97 Å². The van der Waals surface area contributed by atoms with Gasteiger partial charge in [0.05, 0.1) is 24.9 Å². The van der Waals surface area contributed by atoms with Gasteiger partial charge in [-0.15, -0.1) is 0 Å². The molecule has 7 nitrogen and oxygen atoms in total. The van der Waals surface area contributed by atoms with Crippen molar-refractivity contribution in [1.29, 1.82) is 0 Å². The molecule has 0 aromatic heterocycles. The Hall–Kier alpha value is -2.64. The van der Waals surface area contributed by atoms with Crippen molar-refractivity contribution >= 4 is 40.8 Å². The van der Waals surface area contributed by atoms with Crippen molar-refractivity contribution in [2.75, 3.05) is 26.1 Å². The molecule has 2 rings (SSSR count). The van der Waals surface area contributed by atoms with Crippen LogP contribution in [0.4, 0.5) is 5.69 Å². The number of esters is 1. The number of hydrogen-bond acceptors (Lipinski definition) is 6. The monoisotopic (exact) mass is 427 g/mol. The third-order valence-corrected chi connectivity index (χ3v) is 4.09. The van der Waals surface area contributed by atoms with Gasteiger partial charge in [-0.1, -0.05) is 23.2 Å². The minimum atomic E-state index is -0.970. The average molecular weight is 428 g/mol. The number of nitrogens with one attached hydrogen (secondary N) is 1. The van der Waals surface area contributed by atoms with E-state index in [1.54, 1.807) is 24.3 Å². The van der Waals surface area contributed by atoms with E-state index < -0.39 is 24.6 Å². The van der Waals surface area contributed by atoms with E-state index in [2.05, 4.69) is 5.32 Å². The summed E-state index contributed by atoms with van der Waals surface area (Å²) in [5.41, 5.74) is 0.418. The molecule has 0 bridgehead atoms. The van der Waals surface area contributed by atoms with Crippen molar-refractivity contribution in [2.24, 2.45) is 0 Å². The van der Waals surface area contributed by atoms with Gasteiger partial charge in [0.2, 0.25) is 0 Å². The number of carbonyl (C=O) groups is 2. The van der Waals surface area contributed by atoms with Crippen molar-refractivity contribution in [3.05, 3.63) is 46.4 Å². The molecule has 1 N–H and O–H groups in total. The highest BCUT2D eigenvalue weighted by Crippen LogP contribution is 2.29. The van der Waals surface area contributed by atoms with E-state index >= 15 is 0 Å². The molecule has 0 radical (unpaired) electrons. The Morgan fingerprint density at radius 3 is 2.43 bits per heavy atom. The maximum atomic E-state index is 12.1. The Labute approximate surface area is 172 Å². The first kappa shape index (κ1) is 21.7. The van der Waals surface area contributed by atoms with Crippen molar-refractivity contribution in [2.45, 2.75) is 13.0 Å². The number of hydrogen-bond donors (Lipinski definition) is 1. The van der Waals surface area contributed by atoms with Gasteiger partial charge in [0.1, 0.15) is 17.2 Å². The normalized spacial score (nSPS) is 11.3.